The summed E-state index contributed by atoms with van der Waals surface area (Å²) in [6.45, 7) is 4.44. The van der Waals surface area contributed by atoms with Gasteiger partial charge in [-0.25, -0.2) is 4.79 Å². The van der Waals surface area contributed by atoms with Crippen molar-refractivity contribution in [3.8, 4) is 0 Å². The number of aromatic amines is 1. The number of para-hydroxylation sites is 1. The van der Waals surface area contributed by atoms with E-state index in [1.54, 1.807) is 18.2 Å². The fourth-order valence-corrected chi connectivity index (χ4v) is 1.98. The van der Waals surface area contributed by atoms with E-state index in [2.05, 4.69) is 36.5 Å². The van der Waals surface area contributed by atoms with E-state index >= 15 is 0 Å². The topological polar surface area (TPSA) is 53.1 Å². The van der Waals surface area contributed by atoms with E-state index in [0.717, 1.165) is 27.7 Å². The number of carbonyl (C=O) groups is 1. The molecular formula is C17H18LiNO2. The average molecular weight is 275 g/mol. The Labute approximate surface area is 133 Å². The Morgan fingerprint density at radius 3 is 2.38 bits per heavy atom. The third-order valence-corrected chi connectivity index (χ3v) is 3.57. The predicted octanol–water partition coefficient (Wildman–Crippen LogP) is 4.25. The van der Waals surface area contributed by atoms with Gasteiger partial charge in [0, 0.05) is 21.8 Å². The molecule has 0 aliphatic heterocycles. The number of benzene rings is 2. The van der Waals surface area contributed by atoms with Gasteiger partial charge in [-0.15, -0.1) is 0 Å². The van der Waals surface area contributed by atoms with Crippen molar-refractivity contribution >= 4 is 45.5 Å². The van der Waals surface area contributed by atoms with Gasteiger partial charge in [0.2, 0.25) is 0 Å². The van der Waals surface area contributed by atoms with Crippen molar-refractivity contribution in [3.63, 3.8) is 0 Å². The van der Waals surface area contributed by atoms with E-state index in [1.165, 1.54) is 5.09 Å². The van der Waals surface area contributed by atoms with Crippen LogP contribution in [-0.2, 0) is 0 Å². The Balaban J connectivity index is 0.000000282. The molecule has 1 aromatic heterocycles. The number of rotatable bonds is 2. The summed E-state index contributed by atoms with van der Waals surface area (Å²) in [6.07, 6.45) is 0. The van der Waals surface area contributed by atoms with Gasteiger partial charge in [-0.05, 0) is 24.3 Å². The van der Waals surface area contributed by atoms with Crippen LogP contribution in [0.4, 0.5) is 0 Å². The number of H-pyrrole nitrogens is 1. The Kier molecular flexibility index (Phi) is 5.11. The summed E-state index contributed by atoms with van der Waals surface area (Å²) in [5.41, 5.74) is 2.31. The molecule has 0 aliphatic rings. The molecule has 3 nitrogen and oxygen atoms in total. The van der Waals surface area contributed by atoms with Gasteiger partial charge in [0.05, 0.1) is 5.56 Å². The normalized spacial score (nSPS) is 10.7. The molecule has 2 aromatic carbocycles. The first-order valence-electron chi connectivity index (χ1n) is 7.26. The molecule has 0 aliphatic carbocycles. The van der Waals surface area contributed by atoms with Gasteiger partial charge in [0.25, 0.3) is 0 Å². The van der Waals surface area contributed by atoms with E-state index in [4.69, 9.17) is 5.11 Å². The maximum absolute atomic E-state index is 10.9. The second kappa shape index (κ2) is 6.84. The molecule has 2 N–H and O–H groups in total. The van der Waals surface area contributed by atoms with Crippen molar-refractivity contribution < 1.29 is 9.90 Å². The first-order chi connectivity index (χ1) is 10.0. The second-order valence-corrected chi connectivity index (χ2v) is 5.54. The monoisotopic (exact) mass is 275 g/mol. The fraction of sp³-hybridized carbons (Fsp3) is 0.235. The maximum atomic E-state index is 10.9. The molecule has 0 atom stereocenters. The number of carboxylic acids is 1. The summed E-state index contributed by atoms with van der Waals surface area (Å²) >= 11 is 2.20. The summed E-state index contributed by atoms with van der Waals surface area (Å²) in [5.74, 6) is -0.0119. The zero-order valence-corrected chi connectivity index (χ0v) is 12.7. The van der Waals surface area contributed by atoms with Crippen LogP contribution in [0.5, 0.6) is 0 Å². The molecule has 0 saturated heterocycles. The van der Waals surface area contributed by atoms with E-state index in [0.29, 0.717) is 5.56 Å². The molecule has 1 heterocycles. The van der Waals surface area contributed by atoms with Crippen LogP contribution in [0.15, 0.2) is 42.5 Å². The van der Waals surface area contributed by atoms with Gasteiger partial charge in [0.1, 0.15) is 0 Å². The zero-order valence-electron chi connectivity index (χ0n) is 12.7. The van der Waals surface area contributed by atoms with E-state index in [1.807, 2.05) is 24.3 Å². The van der Waals surface area contributed by atoms with Crippen LogP contribution in [0.25, 0.3) is 21.8 Å². The van der Waals surface area contributed by atoms with E-state index in [9.17, 15) is 4.79 Å². The quantitative estimate of drug-likeness (QED) is 0.687. The summed E-state index contributed by atoms with van der Waals surface area (Å²) in [5, 5.41) is 12.3. The number of aromatic nitrogens is 1. The van der Waals surface area contributed by atoms with E-state index < -0.39 is 5.97 Å². The zero-order chi connectivity index (χ0) is 15.4. The van der Waals surface area contributed by atoms with Crippen LogP contribution in [0.1, 0.15) is 24.2 Å². The standard InChI is InChI=1S/C13H9NO2.C4H9.Li/c15-13(16)8-5-6-12-10(7-8)9-3-1-2-4-11(9)14-12;1-4(2)3;/h1-7,14H,(H,15,16);4H,1H2,2-3H3;. The molecule has 21 heavy (non-hydrogen) atoms. The minimum absolute atomic E-state index is 0.317. The van der Waals surface area contributed by atoms with Crippen LogP contribution in [0.3, 0.4) is 0 Å². The Bertz CT molecular complexity index is 762. The number of fused-ring (bicyclic) bond motifs is 3. The minimum atomic E-state index is -0.896. The van der Waals surface area contributed by atoms with Gasteiger partial charge in [-0.1, -0.05) is 18.2 Å². The van der Waals surface area contributed by atoms with Crippen molar-refractivity contribution in [3.05, 3.63) is 48.0 Å². The van der Waals surface area contributed by atoms with E-state index in [-0.39, 0.29) is 0 Å². The SMILES string of the molecule is O=C(O)c1ccc2[nH]c3ccccc3c2c1.[Li][CH2]C(C)C. The van der Waals surface area contributed by atoms with Gasteiger partial charge >= 0.3 is 48.5 Å². The van der Waals surface area contributed by atoms with Crippen molar-refractivity contribution in [2.75, 3.05) is 0 Å². The Hall–Kier alpha value is -1.69. The van der Waals surface area contributed by atoms with Crippen molar-refractivity contribution in [1.82, 2.24) is 4.98 Å². The molecule has 0 unspecified atom stereocenters. The fourth-order valence-electron chi connectivity index (χ4n) is 1.98. The summed E-state index contributed by atoms with van der Waals surface area (Å²) < 4.78 is 0. The van der Waals surface area contributed by atoms with Crippen LogP contribution in [0.2, 0.25) is 5.09 Å². The Morgan fingerprint density at radius 2 is 1.76 bits per heavy atom. The van der Waals surface area contributed by atoms with Gasteiger partial charge < -0.3 is 10.1 Å². The van der Waals surface area contributed by atoms with Gasteiger partial charge in [-0.2, -0.15) is 0 Å². The van der Waals surface area contributed by atoms with Crippen molar-refractivity contribution in [2.45, 2.75) is 18.9 Å². The number of hydrogen-bond donors (Lipinski definition) is 2. The van der Waals surface area contributed by atoms with Crippen LogP contribution in [-0.4, -0.2) is 33.8 Å². The number of hydrogen-bond acceptors (Lipinski definition) is 1. The van der Waals surface area contributed by atoms with Crippen LogP contribution in [0, 0.1) is 5.92 Å². The van der Waals surface area contributed by atoms with Crippen LogP contribution >= 0.6 is 0 Å². The molecule has 0 amide bonds. The molecule has 4 heteroatoms. The summed E-state index contributed by atoms with van der Waals surface area (Å²) in [6, 6.07) is 13.0. The molecule has 104 valence electrons. The second-order valence-electron chi connectivity index (χ2n) is 5.54. The van der Waals surface area contributed by atoms with Gasteiger partial charge in [-0.3, -0.25) is 0 Å². The third-order valence-electron chi connectivity index (χ3n) is 3.57. The Morgan fingerprint density at radius 1 is 1.14 bits per heavy atom. The molecule has 0 spiro atoms. The molecule has 0 fully saturated rings. The number of nitrogens with one attached hydrogen (secondary N) is 1. The molecular weight excluding hydrogens is 257 g/mol. The van der Waals surface area contributed by atoms with Crippen molar-refractivity contribution in [1.29, 1.82) is 0 Å². The number of carboxylic acid groups (broad SMARTS) is 1. The number of aromatic carboxylic acids is 1. The third kappa shape index (κ3) is 3.69. The van der Waals surface area contributed by atoms with Gasteiger partial charge in [0.15, 0.2) is 0 Å². The predicted molar refractivity (Wildman–Crippen MR) is 88.2 cm³/mol. The molecule has 0 radical (unpaired) electrons. The molecule has 0 saturated carbocycles. The van der Waals surface area contributed by atoms with Crippen molar-refractivity contribution in [2.24, 2.45) is 5.92 Å². The molecule has 3 rings (SSSR count). The first kappa shape index (κ1) is 15.7. The van der Waals surface area contributed by atoms with Crippen LogP contribution < -0.4 is 0 Å². The molecule has 0 bridgehead atoms. The summed E-state index contributed by atoms with van der Waals surface area (Å²) in [4.78, 5) is 14.1. The first-order valence-corrected chi connectivity index (χ1v) is 7.26. The molecule has 3 aromatic rings. The average Bonchev–Trinajstić information content (AvgIpc) is 2.85. The summed E-state index contributed by atoms with van der Waals surface area (Å²) in [7, 11) is 0.